The number of rotatable bonds is 1. The molecule has 0 bridgehead atoms. The van der Waals surface area contributed by atoms with E-state index < -0.39 is 5.60 Å². The van der Waals surface area contributed by atoms with E-state index in [0.29, 0.717) is 0 Å². The van der Waals surface area contributed by atoms with Crippen LogP contribution in [-0.4, -0.2) is 16.5 Å². The lowest BCUT2D eigenvalue weighted by Crippen LogP contribution is -2.36. The minimum atomic E-state index is -0.809. The first-order valence-electron chi connectivity index (χ1n) is 6.70. The predicted molar refractivity (Wildman–Crippen MR) is 66.5 cm³/mol. The molecule has 0 aromatic heterocycles. The van der Waals surface area contributed by atoms with Crippen molar-refractivity contribution < 1.29 is 9.90 Å². The lowest BCUT2D eigenvalue weighted by Gasteiger charge is -2.28. The summed E-state index contributed by atoms with van der Waals surface area (Å²) in [5, 5.41) is 10.9. The highest BCUT2D eigenvalue weighted by Crippen LogP contribution is 2.56. The maximum atomic E-state index is 12.5. The number of hydrogen-bond acceptors (Lipinski definition) is 2. The number of hydrogen-bond donors (Lipinski definition) is 1. The zero-order valence-electron chi connectivity index (χ0n) is 10.5. The van der Waals surface area contributed by atoms with Gasteiger partial charge in [-0.15, -0.1) is 0 Å². The Morgan fingerprint density at radius 1 is 1.41 bits per heavy atom. The van der Waals surface area contributed by atoms with E-state index in [0.717, 1.165) is 55.2 Å². The van der Waals surface area contributed by atoms with Gasteiger partial charge < -0.3 is 5.11 Å². The third-order valence-corrected chi connectivity index (χ3v) is 4.96. The molecule has 0 saturated heterocycles. The van der Waals surface area contributed by atoms with E-state index in [2.05, 4.69) is 6.58 Å². The van der Waals surface area contributed by atoms with Crippen LogP contribution in [0.15, 0.2) is 23.3 Å². The highest BCUT2D eigenvalue weighted by atomic mass is 16.3. The molecule has 3 rings (SSSR count). The Balaban J connectivity index is 2.05. The summed E-state index contributed by atoms with van der Waals surface area (Å²) in [7, 11) is 0. The van der Waals surface area contributed by atoms with Gasteiger partial charge in [-0.1, -0.05) is 12.2 Å². The average molecular weight is 232 g/mol. The fourth-order valence-electron chi connectivity index (χ4n) is 4.14. The highest BCUT2D eigenvalue weighted by Gasteiger charge is 2.58. The minimum absolute atomic E-state index is 0.193. The van der Waals surface area contributed by atoms with Crippen molar-refractivity contribution in [3.05, 3.63) is 23.3 Å². The maximum Gasteiger partial charge on any atom is 0.165 e. The van der Waals surface area contributed by atoms with Gasteiger partial charge in [-0.2, -0.15) is 0 Å². The normalized spacial score (nSPS) is 40.5. The van der Waals surface area contributed by atoms with Gasteiger partial charge in [0, 0.05) is 0 Å². The molecule has 0 aromatic carbocycles. The largest absolute Gasteiger partial charge is 0.385 e. The van der Waals surface area contributed by atoms with Crippen molar-refractivity contribution in [2.45, 2.75) is 51.0 Å². The molecule has 0 amide bonds. The Morgan fingerprint density at radius 3 is 2.82 bits per heavy atom. The molecular formula is C15H20O2. The number of ketones is 1. The van der Waals surface area contributed by atoms with E-state index >= 15 is 0 Å². The molecule has 0 unspecified atom stereocenters. The van der Waals surface area contributed by atoms with E-state index in [-0.39, 0.29) is 17.6 Å². The Hall–Kier alpha value is -0.890. The first-order valence-corrected chi connectivity index (χ1v) is 6.70. The molecule has 1 fully saturated rings. The molecule has 17 heavy (non-hydrogen) atoms. The van der Waals surface area contributed by atoms with Crippen molar-refractivity contribution in [3.63, 3.8) is 0 Å². The van der Waals surface area contributed by atoms with Crippen LogP contribution >= 0.6 is 0 Å². The van der Waals surface area contributed by atoms with Crippen molar-refractivity contribution in [2.75, 3.05) is 0 Å². The summed E-state index contributed by atoms with van der Waals surface area (Å²) in [6, 6.07) is 0. The van der Waals surface area contributed by atoms with Crippen molar-refractivity contribution >= 4 is 5.78 Å². The predicted octanol–water partition coefficient (Wildman–Crippen LogP) is 2.77. The summed E-state index contributed by atoms with van der Waals surface area (Å²) in [6.45, 7) is 5.99. The quantitative estimate of drug-likeness (QED) is 0.706. The van der Waals surface area contributed by atoms with Crippen molar-refractivity contribution in [3.8, 4) is 0 Å². The van der Waals surface area contributed by atoms with Gasteiger partial charge in [-0.25, -0.2) is 0 Å². The van der Waals surface area contributed by atoms with Crippen LogP contribution in [0, 0.1) is 11.8 Å². The first-order chi connectivity index (χ1) is 8.05. The zero-order valence-corrected chi connectivity index (χ0v) is 10.5. The van der Waals surface area contributed by atoms with Gasteiger partial charge in [0.1, 0.15) is 0 Å². The second kappa shape index (κ2) is 3.55. The van der Waals surface area contributed by atoms with Gasteiger partial charge in [0.05, 0.1) is 11.5 Å². The molecule has 1 N–H and O–H groups in total. The second-order valence-electron chi connectivity index (χ2n) is 5.92. The monoisotopic (exact) mass is 232 g/mol. The van der Waals surface area contributed by atoms with Crippen molar-refractivity contribution in [1.82, 2.24) is 0 Å². The fraction of sp³-hybridized carbons (Fsp3) is 0.667. The topological polar surface area (TPSA) is 37.3 Å². The summed E-state index contributed by atoms with van der Waals surface area (Å²) in [4.78, 5) is 12.5. The number of carbonyl (C=O) groups is 1. The summed E-state index contributed by atoms with van der Waals surface area (Å²) in [5.41, 5.74) is 2.30. The van der Waals surface area contributed by atoms with E-state index in [9.17, 15) is 9.90 Å². The molecule has 0 spiro atoms. The molecule has 3 atom stereocenters. The van der Waals surface area contributed by atoms with Crippen LogP contribution < -0.4 is 0 Å². The molecule has 92 valence electrons. The SMILES string of the molecule is C=C(C)[C@H]1CC[C@]2(O)C3=C(CCCC3)C(=O)[C@H]12. The number of fused-ring (bicyclic) bond motifs is 2. The zero-order chi connectivity index (χ0) is 12.2. The van der Waals surface area contributed by atoms with Gasteiger partial charge in [0.25, 0.3) is 0 Å². The smallest absolute Gasteiger partial charge is 0.165 e. The van der Waals surface area contributed by atoms with Crippen LogP contribution in [0.3, 0.4) is 0 Å². The average Bonchev–Trinajstić information content (AvgIpc) is 2.76. The molecular weight excluding hydrogens is 212 g/mol. The van der Waals surface area contributed by atoms with Crippen LogP contribution in [0.25, 0.3) is 0 Å². The van der Waals surface area contributed by atoms with Crippen LogP contribution in [0.2, 0.25) is 0 Å². The summed E-state index contributed by atoms with van der Waals surface area (Å²) in [5.74, 6) is 0.217. The molecule has 1 saturated carbocycles. The maximum absolute atomic E-state index is 12.5. The molecule has 2 nitrogen and oxygen atoms in total. The molecule has 3 aliphatic rings. The van der Waals surface area contributed by atoms with Crippen molar-refractivity contribution in [2.24, 2.45) is 11.8 Å². The lowest BCUT2D eigenvalue weighted by atomic mass is 9.81. The molecule has 0 aromatic rings. The Morgan fingerprint density at radius 2 is 2.12 bits per heavy atom. The third-order valence-electron chi connectivity index (χ3n) is 4.96. The first kappa shape index (κ1) is 11.2. The molecule has 0 radical (unpaired) electrons. The highest BCUT2D eigenvalue weighted by molar-refractivity contribution is 6.03. The van der Waals surface area contributed by atoms with Gasteiger partial charge >= 0.3 is 0 Å². The van der Waals surface area contributed by atoms with Gasteiger partial charge in [-0.05, 0) is 62.5 Å². The van der Waals surface area contributed by atoms with E-state index in [1.54, 1.807) is 0 Å². The van der Waals surface area contributed by atoms with Gasteiger partial charge in [0.2, 0.25) is 0 Å². The van der Waals surface area contributed by atoms with E-state index in [4.69, 9.17) is 0 Å². The minimum Gasteiger partial charge on any atom is -0.385 e. The summed E-state index contributed by atoms with van der Waals surface area (Å²) >= 11 is 0. The molecule has 0 aliphatic heterocycles. The van der Waals surface area contributed by atoms with E-state index in [1.807, 2.05) is 6.92 Å². The van der Waals surface area contributed by atoms with E-state index in [1.165, 1.54) is 0 Å². The third kappa shape index (κ3) is 1.33. The molecule has 0 heterocycles. The Labute approximate surface area is 102 Å². The van der Waals surface area contributed by atoms with Crippen LogP contribution in [0.1, 0.15) is 45.4 Å². The standard InChI is InChI=1S/C15H20O2/c1-9(2)10-7-8-15(17)12-6-4-3-5-11(12)14(16)13(10)15/h10,13,17H,1,3-8H2,2H3/t10-,13+,15+/m1/s1. The van der Waals surface area contributed by atoms with Gasteiger partial charge in [-0.3, -0.25) is 4.79 Å². The second-order valence-corrected chi connectivity index (χ2v) is 5.92. The van der Waals surface area contributed by atoms with Crippen LogP contribution in [0.5, 0.6) is 0 Å². The van der Waals surface area contributed by atoms with Crippen LogP contribution in [-0.2, 0) is 4.79 Å². The summed E-state index contributed by atoms with van der Waals surface area (Å²) < 4.78 is 0. The Bertz CT molecular complexity index is 432. The number of aliphatic hydroxyl groups is 1. The van der Waals surface area contributed by atoms with Crippen molar-refractivity contribution in [1.29, 1.82) is 0 Å². The van der Waals surface area contributed by atoms with Crippen LogP contribution in [0.4, 0.5) is 0 Å². The molecule has 3 aliphatic carbocycles. The lowest BCUT2D eigenvalue weighted by molar-refractivity contribution is -0.123. The summed E-state index contributed by atoms with van der Waals surface area (Å²) in [6.07, 6.45) is 5.70. The number of carbonyl (C=O) groups excluding carboxylic acids is 1. The number of Topliss-reactive ketones (excluding diaryl/α,β-unsaturated/α-hetero) is 1. The Kier molecular flexibility index (Phi) is 2.34. The van der Waals surface area contributed by atoms with Gasteiger partial charge in [0.15, 0.2) is 5.78 Å². The number of allylic oxidation sites excluding steroid dienone is 2. The fourth-order valence-corrected chi connectivity index (χ4v) is 4.14. The molecule has 2 heteroatoms.